The van der Waals surface area contributed by atoms with Crippen molar-refractivity contribution < 1.29 is 17.6 Å². The number of fused-ring (bicyclic) bond motifs is 1. The van der Waals surface area contributed by atoms with Gasteiger partial charge in [0.1, 0.15) is 11.5 Å². The van der Waals surface area contributed by atoms with Gasteiger partial charge in [0, 0.05) is 25.1 Å². The first-order valence-corrected chi connectivity index (χ1v) is 10.2. The zero-order valence-corrected chi connectivity index (χ0v) is 15.9. The average Bonchev–Trinajstić information content (AvgIpc) is 3.20. The third kappa shape index (κ3) is 3.88. The highest BCUT2D eigenvalue weighted by atomic mass is 32.2. The molecule has 0 aliphatic carbocycles. The summed E-state index contributed by atoms with van der Waals surface area (Å²) in [6.45, 7) is 0.237. The quantitative estimate of drug-likeness (QED) is 0.549. The first kappa shape index (κ1) is 18.8. The molecule has 1 amide bonds. The van der Waals surface area contributed by atoms with Crippen LogP contribution in [0.1, 0.15) is 15.9 Å². The summed E-state index contributed by atoms with van der Waals surface area (Å²) in [6.07, 6.45) is 5.09. The van der Waals surface area contributed by atoms with Crippen LogP contribution in [0.3, 0.4) is 0 Å². The van der Waals surface area contributed by atoms with Crippen molar-refractivity contribution in [2.45, 2.75) is 16.3 Å². The van der Waals surface area contributed by atoms with Crippen LogP contribution in [0.2, 0.25) is 0 Å². The van der Waals surface area contributed by atoms with Crippen molar-refractivity contribution in [3.63, 3.8) is 0 Å². The second kappa shape index (κ2) is 7.48. The van der Waals surface area contributed by atoms with Crippen molar-refractivity contribution in [3.05, 3.63) is 96.2 Å². The standard InChI is InChI=1S/C21H16FN3O3S/c22-17-2-1-3-19(12-17)29(27,28)18-7-4-15(5-8-18)13-24-21(26)16-6-9-20-23-10-11-25(20)14-16/h1-12,14H,13H2,(H,24,26). The van der Waals surface area contributed by atoms with Gasteiger partial charge in [-0.05, 0) is 48.0 Å². The Morgan fingerprint density at radius 3 is 2.59 bits per heavy atom. The van der Waals surface area contributed by atoms with Crippen molar-refractivity contribution in [2.75, 3.05) is 0 Å². The Hall–Kier alpha value is -3.52. The zero-order valence-electron chi connectivity index (χ0n) is 15.1. The molecule has 0 saturated carbocycles. The van der Waals surface area contributed by atoms with Crippen molar-refractivity contribution in [1.82, 2.24) is 14.7 Å². The van der Waals surface area contributed by atoms with E-state index < -0.39 is 15.7 Å². The molecule has 0 aliphatic rings. The van der Waals surface area contributed by atoms with Crippen LogP contribution >= 0.6 is 0 Å². The van der Waals surface area contributed by atoms with E-state index in [1.807, 2.05) is 0 Å². The van der Waals surface area contributed by atoms with Crippen LogP contribution in [-0.2, 0) is 16.4 Å². The van der Waals surface area contributed by atoms with E-state index in [0.717, 1.165) is 17.3 Å². The lowest BCUT2D eigenvalue weighted by Crippen LogP contribution is -2.23. The molecule has 0 spiro atoms. The zero-order chi connectivity index (χ0) is 20.4. The molecule has 0 unspecified atom stereocenters. The maximum Gasteiger partial charge on any atom is 0.253 e. The van der Waals surface area contributed by atoms with Gasteiger partial charge in [-0.15, -0.1) is 0 Å². The number of benzene rings is 2. The minimum Gasteiger partial charge on any atom is -0.348 e. The molecule has 0 atom stereocenters. The van der Waals surface area contributed by atoms with Crippen molar-refractivity contribution in [1.29, 1.82) is 0 Å². The van der Waals surface area contributed by atoms with Crippen LogP contribution in [0.4, 0.5) is 4.39 Å². The molecule has 2 heterocycles. The number of amides is 1. The third-order valence-corrected chi connectivity index (χ3v) is 6.21. The van der Waals surface area contributed by atoms with Gasteiger partial charge in [0.25, 0.3) is 5.91 Å². The lowest BCUT2D eigenvalue weighted by atomic mass is 10.2. The van der Waals surface area contributed by atoms with Crippen LogP contribution in [-0.4, -0.2) is 23.7 Å². The highest BCUT2D eigenvalue weighted by Gasteiger charge is 2.18. The Morgan fingerprint density at radius 1 is 1.03 bits per heavy atom. The van der Waals surface area contributed by atoms with Gasteiger partial charge in [0.05, 0.1) is 15.4 Å². The number of halogens is 1. The van der Waals surface area contributed by atoms with E-state index in [1.165, 1.54) is 30.3 Å². The number of carbonyl (C=O) groups excluding carboxylic acids is 1. The Kier molecular flexibility index (Phi) is 4.85. The Labute approximate surface area is 166 Å². The highest BCUT2D eigenvalue weighted by Crippen LogP contribution is 2.21. The van der Waals surface area contributed by atoms with E-state index in [4.69, 9.17) is 0 Å². The van der Waals surface area contributed by atoms with Crippen molar-refractivity contribution >= 4 is 21.4 Å². The first-order valence-electron chi connectivity index (χ1n) is 8.74. The minimum absolute atomic E-state index is 0.0590. The number of hydrogen-bond donors (Lipinski definition) is 1. The number of pyridine rings is 1. The Balaban J connectivity index is 1.46. The second-order valence-electron chi connectivity index (χ2n) is 6.40. The van der Waals surface area contributed by atoms with Gasteiger partial charge in [-0.25, -0.2) is 17.8 Å². The summed E-state index contributed by atoms with van der Waals surface area (Å²) < 4.78 is 40.3. The number of imidazole rings is 1. The van der Waals surface area contributed by atoms with Gasteiger partial charge in [-0.2, -0.15) is 0 Å². The summed E-state index contributed by atoms with van der Waals surface area (Å²) in [5.74, 6) is -0.864. The number of sulfone groups is 1. The SMILES string of the molecule is O=C(NCc1ccc(S(=O)(=O)c2cccc(F)c2)cc1)c1ccc2nccn2c1. The molecular formula is C21H16FN3O3S. The van der Waals surface area contributed by atoms with Crippen LogP contribution in [0, 0.1) is 5.82 Å². The number of nitrogens with zero attached hydrogens (tertiary/aromatic N) is 2. The molecule has 146 valence electrons. The molecule has 8 heteroatoms. The summed E-state index contributed by atoms with van der Waals surface area (Å²) >= 11 is 0. The number of rotatable bonds is 5. The van der Waals surface area contributed by atoms with Crippen LogP contribution < -0.4 is 5.32 Å². The van der Waals surface area contributed by atoms with Crippen LogP contribution in [0.5, 0.6) is 0 Å². The van der Waals surface area contributed by atoms with Gasteiger partial charge in [0.15, 0.2) is 0 Å². The number of carbonyl (C=O) groups is 1. The van der Waals surface area contributed by atoms with E-state index in [-0.39, 0.29) is 22.2 Å². The van der Waals surface area contributed by atoms with E-state index in [1.54, 1.807) is 47.3 Å². The molecule has 29 heavy (non-hydrogen) atoms. The van der Waals surface area contributed by atoms with Gasteiger partial charge in [-0.3, -0.25) is 4.79 Å². The maximum absolute atomic E-state index is 13.4. The van der Waals surface area contributed by atoms with Crippen LogP contribution in [0.25, 0.3) is 5.65 Å². The predicted octanol–water partition coefficient (Wildman–Crippen LogP) is 3.24. The fraction of sp³-hybridized carbons (Fsp3) is 0.0476. The van der Waals surface area contributed by atoms with Crippen molar-refractivity contribution in [2.24, 2.45) is 0 Å². The number of aromatic nitrogens is 2. The van der Waals surface area contributed by atoms with E-state index in [2.05, 4.69) is 10.3 Å². The lowest BCUT2D eigenvalue weighted by molar-refractivity contribution is 0.0950. The van der Waals surface area contributed by atoms with Gasteiger partial charge >= 0.3 is 0 Å². The molecule has 0 bridgehead atoms. The van der Waals surface area contributed by atoms with E-state index >= 15 is 0 Å². The number of nitrogens with one attached hydrogen (secondary N) is 1. The maximum atomic E-state index is 13.4. The topological polar surface area (TPSA) is 80.5 Å². The van der Waals surface area contributed by atoms with E-state index in [0.29, 0.717) is 5.56 Å². The molecule has 2 aromatic carbocycles. The molecule has 1 N–H and O–H groups in total. The van der Waals surface area contributed by atoms with Gasteiger partial charge < -0.3 is 9.72 Å². The average molecular weight is 409 g/mol. The lowest BCUT2D eigenvalue weighted by Gasteiger charge is -2.08. The summed E-state index contributed by atoms with van der Waals surface area (Å²) in [7, 11) is -3.80. The molecule has 0 aliphatic heterocycles. The smallest absolute Gasteiger partial charge is 0.253 e. The third-order valence-electron chi connectivity index (χ3n) is 4.44. The molecule has 4 aromatic rings. The molecule has 6 nitrogen and oxygen atoms in total. The summed E-state index contributed by atoms with van der Waals surface area (Å²) in [5, 5.41) is 2.80. The second-order valence-corrected chi connectivity index (χ2v) is 8.35. The molecule has 4 rings (SSSR count). The predicted molar refractivity (Wildman–Crippen MR) is 105 cm³/mol. The highest BCUT2D eigenvalue weighted by molar-refractivity contribution is 7.91. The molecule has 0 fully saturated rings. The minimum atomic E-state index is -3.80. The van der Waals surface area contributed by atoms with Gasteiger partial charge in [0.2, 0.25) is 9.84 Å². The van der Waals surface area contributed by atoms with Gasteiger partial charge in [-0.1, -0.05) is 18.2 Å². The van der Waals surface area contributed by atoms with Crippen molar-refractivity contribution in [3.8, 4) is 0 Å². The monoisotopic (exact) mass is 409 g/mol. The van der Waals surface area contributed by atoms with Crippen LogP contribution in [0.15, 0.2) is 89.0 Å². The Morgan fingerprint density at radius 2 is 1.83 bits per heavy atom. The molecule has 0 radical (unpaired) electrons. The van der Waals surface area contributed by atoms with E-state index in [9.17, 15) is 17.6 Å². The first-order chi connectivity index (χ1) is 13.9. The summed E-state index contributed by atoms with van der Waals surface area (Å²) in [4.78, 5) is 16.4. The number of hydrogen-bond acceptors (Lipinski definition) is 4. The Bertz CT molecular complexity index is 1300. The normalized spacial score (nSPS) is 11.5. The molecule has 2 aromatic heterocycles. The fourth-order valence-corrected chi connectivity index (χ4v) is 4.19. The summed E-state index contributed by atoms with van der Waals surface area (Å²) in [5.41, 5.74) is 1.97. The molecular weight excluding hydrogens is 393 g/mol. The fourth-order valence-electron chi connectivity index (χ4n) is 2.90. The molecule has 0 saturated heterocycles. The summed E-state index contributed by atoms with van der Waals surface area (Å²) in [6, 6.07) is 14.4. The largest absolute Gasteiger partial charge is 0.348 e.